The van der Waals surface area contributed by atoms with Crippen LogP contribution in [0.3, 0.4) is 0 Å². The van der Waals surface area contributed by atoms with Crippen LogP contribution in [0.1, 0.15) is 105 Å². The first-order chi connectivity index (χ1) is 10.1. The van der Waals surface area contributed by atoms with Gasteiger partial charge >= 0.3 is 51.4 Å². The van der Waals surface area contributed by atoms with Gasteiger partial charge in [-0.25, -0.2) is 0 Å². The van der Waals surface area contributed by atoms with Gasteiger partial charge < -0.3 is 1.43 Å². The summed E-state index contributed by atoms with van der Waals surface area (Å²) < 4.78 is 29.6. The van der Waals surface area contributed by atoms with Crippen molar-refractivity contribution in [2.24, 2.45) is 0 Å². The molecule has 0 unspecified atom stereocenters. The minimum Gasteiger partial charge on any atom is -1.00 e. The molecule has 0 aliphatic rings. The van der Waals surface area contributed by atoms with Crippen molar-refractivity contribution >= 4 is 10.1 Å². The van der Waals surface area contributed by atoms with Crippen LogP contribution < -0.4 is 51.4 Å². The average molecular weight is 361 g/mol. The molecule has 0 rings (SSSR count). The fourth-order valence-corrected chi connectivity index (χ4v) is 3.22. The van der Waals surface area contributed by atoms with Gasteiger partial charge in [0.15, 0.2) is 0 Å². The van der Waals surface area contributed by atoms with Crippen molar-refractivity contribution < 1.29 is 65.8 Å². The summed E-state index contributed by atoms with van der Waals surface area (Å²) in [6.45, 7) is 2.26. The van der Waals surface area contributed by atoms with Crippen molar-refractivity contribution in [2.45, 2.75) is 103 Å². The monoisotopic (exact) mass is 360 g/mol. The predicted molar refractivity (Wildman–Crippen MR) is 92.5 cm³/mol. The van der Waals surface area contributed by atoms with Crippen molar-refractivity contribution in [1.29, 1.82) is 0 Å². The van der Waals surface area contributed by atoms with E-state index in [1.807, 2.05) is 0 Å². The average Bonchev–Trinajstić information content (AvgIpc) is 2.42. The second-order valence-corrected chi connectivity index (χ2v) is 7.81. The van der Waals surface area contributed by atoms with Crippen LogP contribution in [-0.2, 0) is 10.1 Å². The molecule has 0 aromatic rings. The maximum Gasteiger partial charge on any atom is 1.00 e. The molecule has 3 nitrogen and oxygen atoms in total. The molecule has 0 aromatic heterocycles. The molecule has 0 atom stereocenters. The standard InChI is InChI=1S/C17H36O3S.K.H/c1-2-3-4-5-6-7-8-9-10-11-12-13-14-15-16-17-21(18,19)20;;/h2-17H2,1H3,(H,18,19,20);;/q;+1;-1. The Morgan fingerprint density at radius 1 is 0.636 bits per heavy atom. The number of hydrogen-bond donors (Lipinski definition) is 1. The number of hydrogen-bond acceptors (Lipinski definition) is 2. The zero-order chi connectivity index (χ0) is 15.8. The van der Waals surface area contributed by atoms with E-state index in [2.05, 4.69) is 6.92 Å². The normalized spacial score (nSPS) is 11.4. The van der Waals surface area contributed by atoms with Gasteiger partial charge in [-0.05, 0) is 6.42 Å². The van der Waals surface area contributed by atoms with E-state index in [0.717, 1.165) is 12.8 Å². The third-order valence-electron chi connectivity index (χ3n) is 4.01. The van der Waals surface area contributed by atoms with Crippen LogP contribution in [0.25, 0.3) is 0 Å². The van der Waals surface area contributed by atoms with E-state index in [1.54, 1.807) is 0 Å². The summed E-state index contributed by atoms with van der Waals surface area (Å²) in [6.07, 6.45) is 18.8. The van der Waals surface area contributed by atoms with E-state index < -0.39 is 10.1 Å². The van der Waals surface area contributed by atoms with Gasteiger partial charge in [-0.3, -0.25) is 4.55 Å². The molecule has 0 heterocycles. The van der Waals surface area contributed by atoms with E-state index in [0.29, 0.717) is 6.42 Å². The van der Waals surface area contributed by atoms with Crippen LogP contribution in [-0.4, -0.2) is 18.7 Å². The summed E-state index contributed by atoms with van der Waals surface area (Å²) in [5.74, 6) is -0.0781. The minimum absolute atomic E-state index is 0. The van der Waals surface area contributed by atoms with Crippen LogP contribution in [0.4, 0.5) is 0 Å². The molecule has 0 saturated carbocycles. The molecule has 0 aliphatic heterocycles. The van der Waals surface area contributed by atoms with Gasteiger partial charge in [-0.15, -0.1) is 0 Å². The Bertz CT molecular complexity index is 311. The second-order valence-electron chi connectivity index (χ2n) is 6.24. The zero-order valence-electron chi connectivity index (χ0n) is 16.0. The van der Waals surface area contributed by atoms with Crippen molar-refractivity contribution in [3.05, 3.63) is 0 Å². The molecule has 22 heavy (non-hydrogen) atoms. The Hall–Kier alpha value is 1.55. The first kappa shape index (κ1) is 25.8. The van der Waals surface area contributed by atoms with Gasteiger partial charge in [0.2, 0.25) is 0 Å². The molecular formula is C17H37KO3S. The van der Waals surface area contributed by atoms with Crippen molar-refractivity contribution in [3.63, 3.8) is 0 Å². The predicted octanol–water partition coefficient (Wildman–Crippen LogP) is 2.86. The van der Waals surface area contributed by atoms with Gasteiger partial charge in [-0.2, -0.15) is 8.42 Å². The SMILES string of the molecule is CCCCCCCCCCCCCCCCCS(=O)(=O)O.[H-].[K+]. The van der Waals surface area contributed by atoms with Crippen molar-refractivity contribution in [1.82, 2.24) is 0 Å². The van der Waals surface area contributed by atoms with Crippen LogP contribution in [0, 0.1) is 0 Å². The summed E-state index contributed by atoms with van der Waals surface area (Å²) >= 11 is 0. The van der Waals surface area contributed by atoms with Crippen LogP contribution in [0.2, 0.25) is 0 Å². The molecule has 0 fully saturated rings. The first-order valence-electron chi connectivity index (χ1n) is 9.01. The fraction of sp³-hybridized carbons (Fsp3) is 1.00. The summed E-state index contributed by atoms with van der Waals surface area (Å²) in [7, 11) is -3.74. The molecule has 5 heteroatoms. The number of unbranched alkanes of at least 4 members (excludes halogenated alkanes) is 14. The molecule has 0 bridgehead atoms. The first-order valence-corrected chi connectivity index (χ1v) is 10.6. The molecule has 1 N–H and O–H groups in total. The van der Waals surface area contributed by atoms with E-state index in [4.69, 9.17) is 4.55 Å². The molecular weight excluding hydrogens is 323 g/mol. The smallest absolute Gasteiger partial charge is 1.00 e. The van der Waals surface area contributed by atoms with Crippen molar-refractivity contribution in [3.8, 4) is 0 Å². The van der Waals surface area contributed by atoms with E-state index in [9.17, 15) is 8.42 Å². The zero-order valence-corrected chi connectivity index (χ0v) is 18.9. The van der Waals surface area contributed by atoms with Crippen LogP contribution in [0.15, 0.2) is 0 Å². The van der Waals surface area contributed by atoms with E-state index >= 15 is 0 Å². The maximum atomic E-state index is 10.5. The molecule has 0 radical (unpaired) electrons. The van der Waals surface area contributed by atoms with E-state index in [-0.39, 0.29) is 58.6 Å². The van der Waals surface area contributed by atoms with Crippen LogP contribution in [0.5, 0.6) is 0 Å². The van der Waals surface area contributed by atoms with E-state index in [1.165, 1.54) is 77.0 Å². The van der Waals surface area contributed by atoms with Gasteiger partial charge in [-0.1, -0.05) is 96.8 Å². The van der Waals surface area contributed by atoms with Gasteiger partial charge in [0, 0.05) is 0 Å². The Morgan fingerprint density at radius 3 is 1.18 bits per heavy atom. The fourth-order valence-electron chi connectivity index (χ4n) is 2.66. The Balaban J connectivity index is -0.00000200. The summed E-state index contributed by atoms with van der Waals surface area (Å²) in [5.41, 5.74) is 0. The summed E-state index contributed by atoms with van der Waals surface area (Å²) in [5, 5.41) is 0. The Kier molecular flexibility index (Phi) is 22.1. The third-order valence-corrected chi connectivity index (χ3v) is 4.81. The molecule has 0 saturated heterocycles. The Labute approximate surface area is 183 Å². The maximum absolute atomic E-state index is 10.5. The second kappa shape index (κ2) is 18.9. The molecule has 0 aromatic carbocycles. The molecule has 0 aliphatic carbocycles. The molecule has 0 spiro atoms. The topological polar surface area (TPSA) is 54.4 Å². The van der Waals surface area contributed by atoms with Gasteiger partial charge in [0.1, 0.15) is 0 Å². The molecule has 0 amide bonds. The minimum atomic E-state index is -3.74. The van der Waals surface area contributed by atoms with Crippen molar-refractivity contribution in [2.75, 3.05) is 5.75 Å². The van der Waals surface area contributed by atoms with Crippen LogP contribution >= 0.6 is 0 Å². The largest absolute Gasteiger partial charge is 1.00 e. The summed E-state index contributed by atoms with van der Waals surface area (Å²) in [4.78, 5) is 0. The number of rotatable bonds is 16. The third kappa shape index (κ3) is 23.8. The Morgan fingerprint density at radius 2 is 0.909 bits per heavy atom. The molecule has 130 valence electrons. The van der Waals surface area contributed by atoms with Gasteiger partial charge in [0.05, 0.1) is 5.75 Å². The summed E-state index contributed by atoms with van der Waals surface area (Å²) in [6, 6.07) is 0. The van der Waals surface area contributed by atoms with Gasteiger partial charge in [0.25, 0.3) is 10.1 Å². The quantitative estimate of drug-likeness (QED) is 0.262.